The lowest BCUT2D eigenvalue weighted by Gasteiger charge is -2.25. The first-order chi connectivity index (χ1) is 16.5. The molecule has 180 valence electrons. The summed E-state index contributed by atoms with van der Waals surface area (Å²) < 4.78 is 47.6. The molecule has 4 heterocycles. The molecule has 0 amide bonds. The molecule has 0 atom stereocenters. The Kier molecular flexibility index (Phi) is 5.38. The molecule has 35 heavy (non-hydrogen) atoms. The highest BCUT2D eigenvalue weighted by Crippen LogP contribution is 2.37. The van der Waals surface area contributed by atoms with Gasteiger partial charge in [-0.2, -0.15) is 18.2 Å². The van der Waals surface area contributed by atoms with Gasteiger partial charge in [0.25, 0.3) is 5.78 Å². The number of alkyl halides is 3. The van der Waals surface area contributed by atoms with Crippen molar-refractivity contribution in [2.45, 2.75) is 39.2 Å². The second-order valence-electron chi connectivity index (χ2n) is 8.70. The standard InChI is InChI=1S/C24H21F3N6O2/c1-14-30-31-22-29-20(16-7-8-19(24(25,26)27)28-21(16)33(14)22)32-11-12-35-13-17-15(5-4-6-18(17)32)9-10-23(2,3)34/h4-8,34H,11-13H2,1-3H3. The van der Waals surface area contributed by atoms with Crippen LogP contribution < -0.4 is 4.90 Å². The number of hydrogen-bond acceptors (Lipinski definition) is 7. The molecule has 0 fully saturated rings. The minimum atomic E-state index is -4.61. The van der Waals surface area contributed by atoms with Crippen molar-refractivity contribution in [3.05, 3.63) is 53.0 Å². The molecule has 0 saturated heterocycles. The van der Waals surface area contributed by atoms with Crippen LogP contribution in [0.5, 0.6) is 0 Å². The number of fused-ring (bicyclic) bond motifs is 4. The maximum absolute atomic E-state index is 13.5. The Hall–Kier alpha value is -3.75. The van der Waals surface area contributed by atoms with E-state index in [1.54, 1.807) is 20.8 Å². The molecule has 0 spiro atoms. The van der Waals surface area contributed by atoms with Gasteiger partial charge in [0.1, 0.15) is 22.9 Å². The molecule has 1 aromatic carbocycles. The Morgan fingerprint density at radius 3 is 2.63 bits per heavy atom. The number of benzene rings is 1. The average molecular weight is 482 g/mol. The van der Waals surface area contributed by atoms with Crippen molar-refractivity contribution < 1.29 is 23.0 Å². The molecule has 0 radical (unpaired) electrons. The SMILES string of the molecule is Cc1nnc2nc(N3CCOCc4c(C#CC(C)(C)O)cccc43)c3ccc(C(F)(F)F)nc3n12. The number of pyridine rings is 1. The molecule has 8 nitrogen and oxygen atoms in total. The number of ether oxygens (including phenoxy) is 1. The first-order valence-electron chi connectivity index (χ1n) is 10.9. The largest absolute Gasteiger partial charge is 0.433 e. The van der Waals surface area contributed by atoms with Gasteiger partial charge in [-0.15, -0.1) is 10.2 Å². The molecular weight excluding hydrogens is 461 g/mol. The summed E-state index contributed by atoms with van der Waals surface area (Å²) in [5, 5.41) is 18.5. The van der Waals surface area contributed by atoms with E-state index in [1.165, 1.54) is 10.5 Å². The van der Waals surface area contributed by atoms with E-state index in [0.29, 0.717) is 35.7 Å². The Morgan fingerprint density at radius 2 is 1.89 bits per heavy atom. The highest BCUT2D eigenvalue weighted by molar-refractivity contribution is 5.92. The molecule has 3 aromatic heterocycles. The zero-order valence-electron chi connectivity index (χ0n) is 19.2. The molecule has 0 bridgehead atoms. The van der Waals surface area contributed by atoms with E-state index < -0.39 is 17.5 Å². The van der Waals surface area contributed by atoms with E-state index in [1.807, 2.05) is 23.1 Å². The summed E-state index contributed by atoms with van der Waals surface area (Å²) in [5.41, 5.74) is 0.0861. The van der Waals surface area contributed by atoms with Crippen LogP contribution in [0.15, 0.2) is 30.3 Å². The van der Waals surface area contributed by atoms with Crippen LogP contribution in [0.4, 0.5) is 24.7 Å². The average Bonchev–Trinajstić information content (AvgIpc) is 3.03. The van der Waals surface area contributed by atoms with Gasteiger partial charge in [-0.05, 0) is 45.0 Å². The lowest BCUT2D eigenvalue weighted by molar-refractivity contribution is -0.141. The minimum absolute atomic E-state index is 0.0621. The minimum Gasteiger partial charge on any atom is -0.378 e. The number of aromatic nitrogens is 5. The van der Waals surface area contributed by atoms with E-state index in [4.69, 9.17) is 4.74 Å². The normalized spacial score (nSPS) is 14.5. The monoisotopic (exact) mass is 482 g/mol. The number of halogens is 3. The molecular formula is C24H21F3N6O2. The molecule has 1 N–H and O–H groups in total. The van der Waals surface area contributed by atoms with Crippen molar-refractivity contribution >= 4 is 28.3 Å². The Morgan fingerprint density at radius 1 is 1.09 bits per heavy atom. The molecule has 1 aliphatic heterocycles. The Balaban J connectivity index is 1.76. The van der Waals surface area contributed by atoms with E-state index in [9.17, 15) is 18.3 Å². The molecule has 1 aliphatic rings. The fourth-order valence-corrected chi connectivity index (χ4v) is 3.97. The van der Waals surface area contributed by atoms with Crippen LogP contribution in [-0.2, 0) is 17.5 Å². The van der Waals surface area contributed by atoms with Crippen LogP contribution in [0, 0.1) is 18.8 Å². The number of aryl methyl sites for hydroxylation is 1. The lowest BCUT2D eigenvalue weighted by atomic mass is 10.0. The van der Waals surface area contributed by atoms with E-state index in [0.717, 1.165) is 17.3 Å². The third-order valence-corrected chi connectivity index (χ3v) is 5.54. The maximum Gasteiger partial charge on any atom is 0.433 e. The number of rotatable bonds is 1. The second-order valence-corrected chi connectivity index (χ2v) is 8.70. The summed E-state index contributed by atoms with van der Waals surface area (Å²) in [6.45, 7) is 5.84. The first kappa shape index (κ1) is 23.0. The predicted octanol–water partition coefficient (Wildman–Crippen LogP) is 3.79. The molecule has 0 saturated carbocycles. The van der Waals surface area contributed by atoms with Crippen LogP contribution in [0.2, 0.25) is 0 Å². The van der Waals surface area contributed by atoms with Gasteiger partial charge < -0.3 is 14.7 Å². The van der Waals surface area contributed by atoms with E-state index in [-0.39, 0.29) is 18.0 Å². The number of anilines is 2. The summed E-state index contributed by atoms with van der Waals surface area (Å²) in [6.07, 6.45) is -4.61. The summed E-state index contributed by atoms with van der Waals surface area (Å²) in [7, 11) is 0. The van der Waals surface area contributed by atoms with Gasteiger partial charge in [0, 0.05) is 23.4 Å². The zero-order chi connectivity index (χ0) is 25.0. The quantitative estimate of drug-likeness (QED) is 0.413. The fourth-order valence-electron chi connectivity index (χ4n) is 3.97. The molecule has 5 rings (SSSR count). The van der Waals surface area contributed by atoms with Gasteiger partial charge >= 0.3 is 6.18 Å². The lowest BCUT2D eigenvalue weighted by Crippen LogP contribution is -2.23. The topological polar surface area (TPSA) is 88.7 Å². The second kappa shape index (κ2) is 8.18. The predicted molar refractivity (Wildman–Crippen MR) is 122 cm³/mol. The Labute approximate surface area is 198 Å². The van der Waals surface area contributed by atoms with Crippen LogP contribution in [0.25, 0.3) is 16.8 Å². The van der Waals surface area contributed by atoms with Crippen molar-refractivity contribution in [3.63, 3.8) is 0 Å². The van der Waals surface area contributed by atoms with Crippen molar-refractivity contribution in [1.29, 1.82) is 0 Å². The van der Waals surface area contributed by atoms with Crippen LogP contribution in [-0.4, -0.2) is 48.4 Å². The van der Waals surface area contributed by atoms with Gasteiger partial charge in [0.05, 0.1) is 18.6 Å². The van der Waals surface area contributed by atoms with Crippen molar-refractivity contribution in [3.8, 4) is 11.8 Å². The summed E-state index contributed by atoms with van der Waals surface area (Å²) in [5.74, 6) is 6.74. The van der Waals surface area contributed by atoms with E-state index >= 15 is 0 Å². The third kappa shape index (κ3) is 4.26. The number of aliphatic hydroxyl groups is 1. The number of hydrogen-bond donors (Lipinski definition) is 1. The smallest absolute Gasteiger partial charge is 0.378 e. The fraction of sp³-hybridized carbons (Fsp3) is 0.333. The van der Waals surface area contributed by atoms with Gasteiger partial charge in [-0.25, -0.2) is 9.38 Å². The van der Waals surface area contributed by atoms with Crippen molar-refractivity contribution in [1.82, 2.24) is 24.6 Å². The van der Waals surface area contributed by atoms with Gasteiger partial charge in [-0.3, -0.25) is 0 Å². The summed E-state index contributed by atoms with van der Waals surface area (Å²) >= 11 is 0. The van der Waals surface area contributed by atoms with Crippen molar-refractivity contribution in [2.24, 2.45) is 0 Å². The summed E-state index contributed by atoms with van der Waals surface area (Å²) in [6, 6.07) is 7.85. The molecule has 0 unspecified atom stereocenters. The van der Waals surface area contributed by atoms with Crippen LogP contribution >= 0.6 is 0 Å². The van der Waals surface area contributed by atoms with Gasteiger partial charge in [-0.1, -0.05) is 17.9 Å². The van der Waals surface area contributed by atoms with Crippen molar-refractivity contribution in [2.75, 3.05) is 18.1 Å². The number of nitrogens with zero attached hydrogens (tertiary/aromatic N) is 6. The van der Waals surface area contributed by atoms with Crippen LogP contribution in [0.3, 0.4) is 0 Å². The van der Waals surface area contributed by atoms with Crippen LogP contribution in [0.1, 0.15) is 36.5 Å². The molecule has 11 heteroatoms. The highest BCUT2D eigenvalue weighted by Gasteiger charge is 2.34. The zero-order valence-corrected chi connectivity index (χ0v) is 19.2. The first-order valence-corrected chi connectivity index (χ1v) is 10.9. The van der Waals surface area contributed by atoms with Gasteiger partial charge in [0.15, 0.2) is 5.65 Å². The maximum atomic E-state index is 13.5. The molecule has 4 aromatic rings. The third-order valence-electron chi connectivity index (χ3n) is 5.54. The molecule has 0 aliphatic carbocycles. The Bertz CT molecular complexity index is 1510. The van der Waals surface area contributed by atoms with E-state index in [2.05, 4.69) is 32.0 Å². The van der Waals surface area contributed by atoms with Gasteiger partial charge in [0.2, 0.25) is 0 Å². The highest BCUT2D eigenvalue weighted by atomic mass is 19.4. The summed E-state index contributed by atoms with van der Waals surface area (Å²) in [4.78, 5) is 10.5.